The monoisotopic (exact) mass is 254 g/mol. The molecule has 1 aliphatic rings. The lowest BCUT2D eigenvalue weighted by atomic mass is 10.3. The highest BCUT2D eigenvalue weighted by atomic mass is 16.5. The molecule has 100 valence electrons. The molecule has 1 saturated heterocycles. The number of hydrogen-bond acceptors (Lipinski definition) is 5. The number of nitrogens with zero attached hydrogens (tertiary/aromatic N) is 2. The normalized spacial score (nSPS) is 16.9. The highest BCUT2D eigenvalue weighted by Crippen LogP contribution is 2.01. The number of nitrogens with one attached hydrogen (secondary N) is 1. The summed E-state index contributed by atoms with van der Waals surface area (Å²) >= 11 is 0. The molecule has 1 aromatic heterocycles. The number of morpholine rings is 1. The minimum absolute atomic E-state index is 0.135. The van der Waals surface area contributed by atoms with Crippen LogP contribution in [0.3, 0.4) is 0 Å². The van der Waals surface area contributed by atoms with Crippen LogP contribution in [0.5, 0.6) is 0 Å². The molecule has 0 spiro atoms. The second-order valence-electron chi connectivity index (χ2n) is 4.25. The van der Waals surface area contributed by atoms with Crippen LogP contribution in [0, 0.1) is 0 Å². The molecule has 1 aromatic rings. The number of nitrogens with two attached hydrogens (primary N) is 1. The van der Waals surface area contributed by atoms with Crippen LogP contribution in [0.15, 0.2) is 10.9 Å². The van der Waals surface area contributed by atoms with Crippen LogP contribution in [0.4, 0.5) is 0 Å². The van der Waals surface area contributed by atoms with Crippen LogP contribution < -0.4 is 11.3 Å². The van der Waals surface area contributed by atoms with Gasteiger partial charge in [-0.15, -0.1) is 0 Å². The molecular weight excluding hydrogens is 236 g/mol. The zero-order valence-electron chi connectivity index (χ0n) is 10.2. The minimum atomic E-state index is -0.296. The predicted octanol–water partition coefficient (Wildman–Crippen LogP) is -1.00. The molecule has 1 fully saturated rings. The van der Waals surface area contributed by atoms with Crippen molar-refractivity contribution in [2.75, 3.05) is 32.8 Å². The van der Waals surface area contributed by atoms with Crippen LogP contribution in [-0.4, -0.2) is 53.4 Å². The molecule has 0 amide bonds. The molecule has 0 aliphatic carbocycles. The fraction of sp³-hybridized carbons (Fsp3) is 0.636. The van der Waals surface area contributed by atoms with E-state index in [0.717, 1.165) is 13.1 Å². The maximum atomic E-state index is 12.0. The SMILES string of the molecule is NCc1cc(=O)[nH]n1C(=O)CCN1CCOCC1. The van der Waals surface area contributed by atoms with Crippen molar-refractivity contribution < 1.29 is 9.53 Å². The number of rotatable bonds is 4. The van der Waals surface area contributed by atoms with E-state index in [9.17, 15) is 9.59 Å². The molecular formula is C11H18N4O3. The summed E-state index contributed by atoms with van der Waals surface area (Å²) in [7, 11) is 0. The Hall–Kier alpha value is -1.44. The Morgan fingerprint density at radius 2 is 2.17 bits per heavy atom. The summed E-state index contributed by atoms with van der Waals surface area (Å²) in [5, 5.41) is 2.47. The van der Waals surface area contributed by atoms with Crippen molar-refractivity contribution in [1.29, 1.82) is 0 Å². The molecule has 7 heteroatoms. The third-order valence-electron chi connectivity index (χ3n) is 3.01. The maximum absolute atomic E-state index is 12.0. The van der Waals surface area contributed by atoms with Gasteiger partial charge in [-0.2, -0.15) is 0 Å². The van der Waals surface area contributed by atoms with E-state index in [1.54, 1.807) is 0 Å². The third-order valence-corrected chi connectivity index (χ3v) is 3.01. The molecule has 2 rings (SSSR count). The van der Waals surface area contributed by atoms with E-state index in [1.165, 1.54) is 10.7 Å². The number of aromatic amines is 1. The minimum Gasteiger partial charge on any atom is -0.379 e. The summed E-state index contributed by atoms with van der Waals surface area (Å²) < 4.78 is 6.49. The van der Waals surface area contributed by atoms with Crippen LogP contribution in [0.25, 0.3) is 0 Å². The van der Waals surface area contributed by atoms with E-state index < -0.39 is 0 Å². The van der Waals surface area contributed by atoms with Crippen LogP contribution in [-0.2, 0) is 11.3 Å². The van der Waals surface area contributed by atoms with Gasteiger partial charge in [-0.1, -0.05) is 0 Å². The Morgan fingerprint density at radius 3 is 2.83 bits per heavy atom. The van der Waals surface area contributed by atoms with E-state index in [2.05, 4.69) is 10.00 Å². The molecule has 2 heterocycles. The van der Waals surface area contributed by atoms with Crippen LogP contribution >= 0.6 is 0 Å². The molecule has 18 heavy (non-hydrogen) atoms. The lowest BCUT2D eigenvalue weighted by Crippen LogP contribution is -2.38. The topological polar surface area (TPSA) is 93.3 Å². The lowest BCUT2D eigenvalue weighted by Gasteiger charge is -2.26. The number of carbonyl (C=O) groups excluding carboxylic acids is 1. The summed E-state index contributed by atoms with van der Waals surface area (Å²) in [6, 6.07) is 1.35. The average molecular weight is 254 g/mol. The highest BCUT2D eigenvalue weighted by molar-refractivity contribution is 5.78. The molecule has 0 unspecified atom stereocenters. The molecule has 0 bridgehead atoms. The van der Waals surface area contributed by atoms with Crippen molar-refractivity contribution in [3.8, 4) is 0 Å². The summed E-state index contributed by atoms with van der Waals surface area (Å²) in [6.07, 6.45) is 0.359. The first-order chi connectivity index (χ1) is 8.70. The Bertz CT molecular complexity index is 459. The van der Waals surface area contributed by atoms with Gasteiger partial charge in [-0.3, -0.25) is 19.6 Å². The first-order valence-corrected chi connectivity index (χ1v) is 6.05. The maximum Gasteiger partial charge on any atom is 0.264 e. The molecule has 3 N–H and O–H groups in total. The van der Waals surface area contributed by atoms with Gasteiger partial charge in [0.25, 0.3) is 5.56 Å². The number of hydrogen-bond donors (Lipinski definition) is 2. The summed E-state index contributed by atoms with van der Waals surface area (Å²) in [4.78, 5) is 25.3. The Kier molecular flexibility index (Phi) is 4.29. The molecule has 0 saturated carbocycles. The van der Waals surface area contributed by atoms with Crippen molar-refractivity contribution in [2.24, 2.45) is 5.73 Å². The quantitative estimate of drug-likeness (QED) is 0.718. The Morgan fingerprint density at radius 1 is 1.44 bits per heavy atom. The Labute approximate surface area is 104 Å². The van der Waals surface area contributed by atoms with E-state index >= 15 is 0 Å². The zero-order chi connectivity index (χ0) is 13.0. The van der Waals surface area contributed by atoms with Crippen LogP contribution in [0.1, 0.15) is 16.9 Å². The van der Waals surface area contributed by atoms with E-state index in [0.29, 0.717) is 31.9 Å². The highest BCUT2D eigenvalue weighted by Gasteiger charge is 2.15. The largest absolute Gasteiger partial charge is 0.379 e. The fourth-order valence-electron chi connectivity index (χ4n) is 1.99. The van der Waals surface area contributed by atoms with Crippen molar-refractivity contribution in [2.45, 2.75) is 13.0 Å². The van der Waals surface area contributed by atoms with Crippen molar-refractivity contribution in [3.05, 3.63) is 22.1 Å². The number of ether oxygens (including phenoxy) is 1. The van der Waals surface area contributed by atoms with Crippen molar-refractivity contribution in [3.63, 3.8) is 0 Å². The van der Waals surface area contributed by atoms with Gasteiger partial charge in [0.1, 0.15) is 0 Å². The molecule has 7 nitrogen and oxygen atoms in total. The van der Waals surface area contributed by atoms with Gasteiger partial charge in [0.2, 0.25) is 5.91 Å². The van der Waals surface area contributed by atoms with Crippen molar-refractivity contribution in [1.82, 2.24) is 14.7 Å². The summed E-state index contributed by atoms with van der Waals surface area (Å²) in [6.45, 7) is 3.96. The standard InChI is InChI=1S/C11H18N4O3/c12-8-9-7-10(16)13-15(9)11(17)1-2-14-3-5-18-6-4-14/h7H,1-6,8,12H2,(H,13,16). The van der Waals surface area contributed by atoms with E-state index in [-0.39, 0.29) is 18.0 Å². The first kappa shape index (κ1) is 13.0. The number of H-pyrrole nitrogens is 1. The van der Waals surface area contributed by atoms with Crippen LogP contribution in [0.2, 0.25) is 0 Å². The van der Waals surface area contributed by atoms with Gasteiger partial charge in [0.05, 0.1) is 18.9 Å². The van der Waals surface area contributed by atoms with E-state index in [4.69, 9.17) is 10.5 Å². The van der Waals surface area contributed by atoms with Gasteiger partial charge in [-0.05, 0) is 0 Å². The third kappa shape index (κ3) is 3.06. The molecule has 0 radical (unpaired) electrons. The second-order valence-corrected chi connectivity index (χ2v) is 4.25. The predicted molar refractivity (Wildman–Crippen MR) is 65.4 cm³/mol. The van der Waals surface area contributed by atoms with E-state index in [1.807, 2.05) is 0 Å². The Balaban J connectivity index is 1.92. The number of aromatic nitrogens is 2. The molecule has 1 aliphatic heterocycles. The average Bonchev–Trinajstić information content (AvgIpc) is 2.78. The summed E-state index contributed by atoms with van der Waals surface area (Å²) in [5.41, 5.74) is 5.71. The molecule has 0 aromatic carbocycles. The molecule has 0 atom stereocenters. The summed E-state index contributed by atoms with van der Waals surface area (Å²) in [5.74, 6) is -0.135. The second kappa shape index (κ2) is 5.94. The van der Waals surface area contributed by atoms with Gasteiger partial charge in [0.15, 0.2) is 0 Å². The number of carbonyl (C=O) groups is 1. The fourth-order valence-corrected chi connectivity index (χ4v) is 1.99. The first-order valence-electron chi connectivity index (χ1n) is 6.05. The van der Waals surface area contributed by atoms with Gasteiger partial charge in [-0.25, -0.2) is 4.68 Å². The van der Waals surface area contributed by atoms with Gasteiger partial charge in [0, 0.05) is 38.7 Å². The lowest BCUT2D eigenvalue weighted by molar-refractivity contribution is 0.0361. The zero-order valence-corrected chi connectivity index (χ0v) is 10.2. The van der Waals surface area contributed by atoms with Gasteiger partial charge < -0.3 is 10.5 Å². The van der Waals surface area contributed by atoms with Crippen molar-refractivity contribution >= 4 is 5.91 Å². The smallest absolute Gasteiger partial charge is 0.264 e. The van der Waals surface area contributed by atoms with Gasteiger partial charge >= 0.3 is 0 Å².